The number of benzene rings is 2. The topological polar surface area (TPSA) is 29.3 Å². The normalized spacial score (nSPS) is 22.3. The fraction of sp³-hybridized carbons (Fsp3) is 0.333. The van der Waals surface area contributed by atoms with Gasteiger partial charge in [0, 0.05) is 30.7 Å². The quantitative estimate of drug-likeness (QED) is 0.920. The van der Waals surface area contributed by atoms with E-state index in [1.165, 1.54) is 17.7 Å². The molecule has 2 aromatic carbocycles. The Morgan fingerprint density at radius 1 is 1.04 bits per heavy atom. The Hall–Kier alpha value is -1.49. The summed E-state index contributed by atoms with van der Waals surface area (Å²) in [7, 11) is 0. The summed E-state index contributed by atoms with van der Waals surface area (Å²) in [5.41, 5.74) is 8.15. The summed E-state index contributed by atoms with van der Waals surface area (Å²) in [6, 6.07) is 11.9. The predicted molar refractivity (Wildman–Crippen MR) is 88.4 cm³/mol. The van der Waals surface area contributed by atoms with Crippen LogP contribution in [0.15, 0.2) is 42.5 Å². The number of hydrogen-bond donors (Lipinski definition) is 1. The molecule has 122 valence electrons. The molecular weight excluding hydrogens is 318 g/mol. The van der Waals surface area contributed by atoms with Crippen LogP contribution in [0.2, 0.25) is 5.02 Å². The van der Waals surface area contributed by atoms with Gasteiger partial charge < -0.3 is 5.73 Å². The summed E-state index contributed by atoms with van der Waals surface area (Å²) < 4.78 is 26.4. The minimum Gasteiger partial charge on any atom is -0.327 e. The van der Waals surface area contributed by atoms with Crippen molar-refractivity contribution in [2.24, 2.45) is 5.73 Å². The lowest BCUT2D eigenvalue weighted by atomic mass is 9.88. The van der Waals surface area contributed by atoms with E-state index in [2.05, 4.69) is 4.90 Å². The van der Waals surface area contributed by atoms with Crippen molar-refractivity contribution in [1.82, 2.24) is 4.90 Å². The highest BCUT2D eigenvalue weighted by atomic mass is 35.5. The van der Waals surface area contributed by atoms with E-state index in [4.69, 9.17) is 17.3 Å². The van der Waals surface area contributed by atoms with Crippen LogP contribution >= 0.6 is 11.6 Å². The molecule has 2 nitrogen and oxygen atoms in total. The first-order chi connectivity index (χ1) is 11.0. The molecule has 2 aromatic rings. The Balaban J connectivity index is 1.72. The van der Waals surface area contributed by atoms with Crippen LogP contribution in [0.25, 0.3) is 0 Å². The Bertz CT molecular complexity index is 675. The summed E-state index contributed by atoms with van der Waals surface area (Å²) >= 11 is 5.94. The van der Waals surface area contributed by atoms with Crippen LogP contribution in [0, 0.1) is 11.6 Å². The van der Waals surface area contributed by atoms with Crippen LogP contribution < -0.4 is 5.73 Å². The van der Waals surface area contributed by atoms with Gasteiger partial charge in [-0.15, -0.1) is 0 Å². The first-order valence-corrected chi connectivity index (χ1v) is 8.06. The van der Waals surface area contributed by atoms with Gasteiger partial charge >= 0.3 is 0 Å². The van der Waals surface area contributed by atoms with Gasteiger partial charge in [-0.2, -0.15) is 0 Å². The van der Waals surface area contributed by atoms with Gasteiger partial charge in [0.05, 0.1) is 0 Å². The third kappa shape index (κ3) is 4.08. The molecule has 0 bridgehead atoms. The van der Waals surface area contributed by atoms with E-state index in [9.17, 15) is 8.78 Å². The molecule has 0 aliphatic carbocycles. The molecule has 1 fully saturated rings. The third-order valence-corrected chi connectivity index (χ3v) is 4.54. The van der Waals surface area contributed by atoms with Crippen LogP contribution in [0.4, 0.5) is 8.78 Å². The maximum atomic E-state index is 13.4. The molecule has 3 rings (SSSR count). The SMILES string of the molecule is NC1CC(c2ccc(Cl)cc2)CN(Cc2ccc(F)c(F)c2)C1. The van der Waals surface area contributed by atoms with E-state index in [-0.39, 0.29) is 6.04 Å². The Labute approximate surface area is 139 Å². The van der Waals surface area contributed by atoms with Crippen LogP contribution in [-0.2, 0) is 6.54 Å². The van der Waals surface area contributed by atoms with Crippen molar-refractivity contribution in [2.45, 2.75) is 24.9 Å². The largest absolute Gasteiger partial charge is 0.327 e. The first kappa shape index (κ1) is 16.4. The van der Waals surface area contributed by atoms with Gasteiger partial charge in [0.15, 0.2) is 11.6 Å². The van der Waals surface area contributed by atoms with E-state index in [0.717, 1.165) is 25.1 Å². The molecule has 1 aliphatic heterocycles. The maximum absolute atomic E-state index is 13.4. The highest BCUT2D eigenvalue weighted by Gasteiger charge is 2.26. The average molecular weight is 337 g/mol. The van der Waals surface area contributed by atoms with E-state index in [1.54, 1.807) is 6.07 Å². The Morgan fingerprint density at radius 3 is 2.48 bits per heavy atom. The summed E-state index contributed by atoms with van der Waals surface area (Å²) in [4.78, 5) is 2.19. The Kier molecular flexibility index (Phi) is 4.95. The van der Waals surface area contributed by atoms with Gasteiger partial charge in [-0.25, -0.2) is 8.78 Å². The lowest BCUT2D eigenvalue weighted by Gasteiger charge is -2.36. The molecule has 1 saturated heterocycles. The van der Waals surface area contributed by atoms with E-state index < -0.39 is 11.6 Å². The van der Waals surface area contributed by atoms with Gasteiger partial charge in [0.25, 0.3) is 0 Å². The van der Waals surface area contributed by atoms with Crippen LogP contribution in [0.3, 0.4) is 0 Å². The molecule has 0 aromatic heterocycles. The lowest BCUT2D eigenvalue weighted by Crippen LogP contribution is -2.45. The van der Waals surface area contributed by atoms with Crippen LogP contribution in [0.5, 0.6) is 0 Å². The second-order valence-electron chi connectivity index (χ2n) is 6.19. The summed E-state index contributed by atoms with van der Waals surface area (Å²) in [6.45, 7) is 2.16. The van der Waals surface area contributed by atoms with Crippen molar-refractivity contribution in [3.63, 3.8) is 0 Å². The Morgan fingerprint density at radius 2 is 1.78 bits per heavy atom. The second-order valence-corrected chi connectivity index (χ2v) is 6.62. The van der Waals surface area contributed by atoms with E-state index in [1.807, 2.05) is 24.3 Å². The summed E-state index contributed by atoms with van der Waals surface area (Å²) in [5, 5.41) is 0.715. The fourth-order valence-electron chi connectivity index (χ4n) is 3.23. The molecule has 23 heavy (non-hydrogen) atoms. The van der Waals surface area contributed by atoms with Gasteiger partial charge in [-0.1, -0.05) is 29.8 Å². The second kappa shape index (κ2) is 6.95. The van der Waals surface area contributed by atoms with E-state index in [0.29, 0.717) is 17.5 Å². The lowest BCUT2D eigenvalue weighted by molar-refractivity contribution is 0.181. The molecule has 2 atom stereocenters. The molecule has 0 amide bonds. The summed E-state index contributed by atoms with van der Waals surface area (Å²) in [5.74, 6) is -1.30. The minimum atomic E-state index is -0.817. The van der Waals surface area contributed by atoms with Crippen molar-refractivity contribution in [3.8, 4) is 0 Å². The number of piperidine rings is 1. The average Bonchev–Trinajstić information content (AvgIpc) is 2.51. The van der Waals surface area contributed by atoms with Crippen molar-refractivity contribution < 1.29 is 8.78 Å². The van der Waals surface area contributed by atoms with Crippen molar-refractivity contribution in [2.75, 3.05) is 13.1 Å². The monoisotopic (exact) mass is 336 g/mol. The fourth-order valence-corrected chi connectivity index (χ4v) is 3.36. The van der Waals surface area contributed by atoms with Crippen molar-refractivity contribution in [3.05, 3.63) is 70.2 Å². The maximum Gasteiger partial charge on any atom is 0.159 e. The molecule has 0 spiro atoms. The molecule has 1 aliphatic rings. The molecule has 2 N–H and O–H groups in total. The third-order valence-electron chi connectivity index (χ3n) is 4.29. The first-order valence-electron chi connectivity index (χ1n) is 7.68. The molecule has 0 saturated carbocycles. The zero-order valence-electron chi connectivity index (χ0n) is 12.7. The predicted octanol–water partition coefficient (Wildman–Crippen LogP) is 3.94. The highest BCUT2D eigenvalue weighted by molar-refractivity contribution is 6.30. The number of nitrogens with zero attached hydrogens (tertiary/aromatic N) is 1. The molecular formula is C18H19ClF2N2. The van der Waals surface area contributed by atoms with Gasteiger partial charge in [0.1, 0.15) is 0 Å². The molecule has 0 radical (unpaired) electrons. The van der Waals surface area contributed by atoms with Crippen LogP contribution in [0.1, 0.15) is 23.5 Å². The zero-order valence-corrected chi connectivity index (χ0v) is 13.4. The number of nitrogens with two attached hydrogens (primary N) is 1. The number of halogens is 3. The van der Waals surface area contributed by atoms with Gasteiger partial charge in [-0.3, -0.25) is 4.90 Å². The zero-order chi connectivity index (χ0) is 16.4. The summed E-state index contributed by atoms with van der Waals surface area (Å²) in [6.07, 6.45) is 0.913. The van der Waals surface area contributed by atoms with Crippen LogP contribution in [-0.4, -0.2) is 24.0 Å². The van der Waals surface area contributed by atoms with Crippen molar-refractivity contribution in [1.29, 1.82) is 0 Å². The number of likely N-dealkylation sites (tertiary alicyclic amines) is 1. The molecule has 5 heteroatoms. The molecule has 1 heterocycles. The smallest absolute Gasteiger partial charge is 0.159 e. The van der Waals surface area contributed by atoms with Crippen molar-refractivity contribution >= 4 is 11.6 Å². The molecule has 2 unspecified atom stereocenters. The minimum absolute atomic E-state index is 0.0646. The van der Waals surface area contributed by atoms with Gasteiger partial charge in [0.2, 0.25) is 0 Å². The standard InChI is InChI=1S/C18H19ClF2N2/c19-15-4-2-13(3-5-15)14-8-16(22)11-23(10-14)9-12-1-6-17(20)18(21)7-12/h1-7,14,16H,8-11,22H2. The highest BCUT2D eigenvalue weighted by Crippen LogP contribution is 2.28. The number of hydrogen-bond acceptors (Lipinski definition) is 2. The number of rotatable bonds is 3. The van der Waals surface area contributed by atoms with Gasteiger partial charge in [-0.05, 0) is 47.7 Å². The van der Waals surface area contributed by atoms with E-state index >= 15 is 0 Å².